The largest absolute Gasteiger partial charge is 0.331 e. The number of carbonyl (C=O) groups is 1. The van der Waals surface area contributed by atoms with Crippen molar-refractivity contribution in [3.8, 4) is 0 Å². The number of sulfonamides is 1. The van der Waals surface area contributed by atoms with E-state index in [1.807, 2.05) is 43.3 Å². The zero-order valence-electron chi connectivity index (χ0n) is 15.5. The standard InChI is InChI=1S/C19H19N5O3S2/c1-2-3-11-24-16-10-5-4-9-15(16)17(18(24)25)22-23-19(28)21-13-7-6-8-14(12-13)29(20,26)27/h2-10,12H,11H2,1H3,(H2,20,26,27)(H2,21,23,28)/b3-2+,22-17-. The molecule has 1 aliphatic heterocycles. The van der Waals surface area contributed by atoms with Crippen LogP contribution in [0.2, 0.25) is 0 Å². The molecule has 3 rings (SSSR count). The fraction of sp³-hybridized carbons (Fsp3) is 0.105. The molecule has 10 heteroatoms. The summed E-state index contributed by atoms with van der Waals surface area (Å²) in [7, 11) is -3.83. The molecule has 0 aromatic heterocycles. The first-order valence-corrected chi connectivity index (χ1v) is 10.6. The van der Waals surface area contributed by atoms with Crippen molar-refractivity contribution < 1.29 is 13.2 Å². The number of allylic oxidation sites excluding steroid dienone is 1. The average Bonchev–Trinajstić information content (AvgIpc) is 2.95. The number of carbonyl (C=O) groups excluding carboxylic acids is 1. The molecule has 1 amide bonds. The summed E-state index contributed by atoms with van der Waals surface area (Å²) < 4.78 is 22.9. The molecule has 0 atom stereocenters. The molecule has 29 heavy (non-hydrogen) atoms. The third kappa shape index (κ3) is 4.67. The molecule has 4 N–H and O–H groups in total. The fourth-order valence-corrected chi connectivity index (χ4v) is 3.50. The highest BCUT2D eigenvalue weighted by Crippen LogP contribution is 2.28. The van der Waals surface area contributed by atoms with Crippen molar-refractivity contribution in [2.24, 2.45) is 10.2 Å². The number of hydrogen-bond donors (Lipinski definition) is 3. The number of hydrogen-bond acceptors (Lipinski definition) is 5. The third-order valence-electron chi connectivity index (χ3n) is 4.11. The molecule has 0 unspecified atom stereocenters. The number of nitrogens with zero attached hydrogens (tertiary/aromatic N) is 2. The lowest BCUT2D eigenvalue weighted by atomic mass is 10.1. The summed E-state index contributed by atoms with van der Waals surface area (Å²) in [6, 6.07) is 13.3. The molecular weight excluding hydrogens is 410 g/mol. The van der Waals surface area contributed by atoms with E-state index in [4.69, 9.17) is 17.4 Å². The molecule has 0 bridgehead atoms. The van der Waals surface area contributed by atoms with Gasteiger partial charge in [0.25, 0.3) is 5.91 Å². The van der Waals surface area contributed by atoms with E-state index in [1.54, 1.807) is 11.0 Å². The molecule has 0 fully saturated rings. The van der Waals surface area contributed by atoms with E-state index < -0.39 is 10.0 Å². The second-order valence-electron chi connectivity index (χ2n) is 6.10. The highest BCUT2D eigenvalue weighted by molar-refractivity contribution is 7.89. The van der Waals surface area contributed by atoms with Gasteiger partial charge in [0.1, 0.15) is 0 Å². The maximum Gasteiger partial charge on any atom is 0.279 e. The minimum absolute atomic E-state index is 0.0452. The zero-order chi connectivity index (χ0) is 21.0. The number of hydrazone groups is 1. The normalized spacial score (nSPS) is 15.0. The Morgan fingerprint density at radius 3 is 2.72 bits per heavy atom. The summed E-state index contributed by atoms with van der Waals surface area (Å²) in [6.45, 7) is 2.33. The number of thiocarbonyl (C=S) groups is 1. The molecule has 1 aliphatic rings. The summed E-state index contributed by atoms with van der Waals surface area (Å²) >= 11 is 5.20. The van der Waals surface area contributed by atoms with Crippen LogP contribution >= 0.6 is 12.2 Å². The van der Waals surface area contributed by atoms with Crippen molar-refractivity contribution in [3.05, 3.63) is 66.2 Å². The van der Waals surface area contributed by atoms with Gasteiger partial charge in [0.2, 0.25) is 10.0 Å². The number of nitrogens with two attached hydrogens (primary N) is 1. The van der Waals surface area contributed by atoms with E-state index in [2.05, 4.69) is 15.8 Å². The fourth-order valence-electron chi connectivity index (χ4n) is 2.78. The van der Waals surface area contributed by atoms with Gasteiger partial charge in [-0.3, -0.25) is 10.2 Å². The maximum atomic E-state index is 12.8. The van der Waals surface area contributed by atoms with Gasteiger partial charge in [-0.2, -0.15) is 5.10 Å². The van der Waals surface area contributed by atoms with Crippen LogP contribution < -0.4 is 20.8 Å². The number of para-hydroxylation sites is 1. The number of primary sulfonamides is 1. The second-order valence-corrected chi connectivity index (χ2v) is 8.07. The number of amides is 1. The molecule has 150 valence electrons. The van der Waals surface area contributed by atoms with Gasteiger partial charge < -0.3 is 10.2 Å². The Morgan fingerprint density at radius 1 is 1.24 bits per heavy atom. The monoisotopic (exact) mass is 429 g/mol. The lowest BCUT2D eigenvalue weighted by molar-refractivity contribution is -0.112. The predicted octanol–water partition coefficient (Wildman–Crippen LogP) is 1.95. The first kappa shape index (κ1) is 20.6. The molecule has 0 saturated heterocycles. The van der Waals surface area contributed by atoms with Crippen LogP contribution in [0.25, 0.3) is 0 Å². The molecule has 0 saturated carbocycles. The van der Waals surface area contributed by atoms with Crippen molar-refractivity contribution in [3.63, 3.8) is 0 Å². The minimum atomic E-state index is -3.83. The van der Waals surface area contributed by atoms with Gasteiger partial charge in [0.05, 0.1) is 10.6 Å². The van der Waals surface area contributed by atoms with Crippen LogP contribution in [0.3, 0.4) is 0 Å². The number of rotatable bonds is 5. The van der Waals surface area contributed by atoms with Gasteiger partial charge >= 0.3 is 0 Å². The van der Waals surface area contributed by atoms with Crippen LogP contribution in [0, 0.1) is 0 Å². The van der Waals surface area contributed by atoms with Gasteiger partial charge in [-0.25, -0.2) is 13.6 Å². The van der Waals surface area contributed by atoms with Crippen LogP contribution in [0.4, 0.5) is 11.4 Å². The van der Waals surface area contributed by atoms with Crippen LogP contribution in [-0.4, -0.2) is 31.7 Å². The molecule has 0 spiro atoms. The van der Waals surface area contributed by atoms with E-state index in [1.165, 1.54) is 18.2 Å². The summed E-state index contributed by atoms with van der Waals surface area (Å²) in [5.74, 6) is -0.240. The molecular formula is C19H19N5O3S2. The van der Waals surface area contributed by atoms with Crippen molar-refractivity contribution in [1.82, 2.24) is 5.43 Å². The SMILES string of the molecule is C/C=C/CN1C(=O)/C(=N\NC(=S)Nc2cccc(S(N)(=O)=O)c2)c2ccccc21. The highest BCUT2D eigenvalue weighted by Gasteiger charge is 2.33. The van der Waals surface area contributed by atoms with Gasteiger partial charge in [-0.15, -0.1) is 0 Å². The lowest BCUT2D eigenvalue weighted by Crippen LogP contribution is -2.32. The van der Waals surface area contributed by atoms with E-state index >= 15 is 0 Å². The van der Waals surface area contributed by atoms with Gasteiger partial charge in [0.15, 0.2) is 10.8 Å². The maximum absolute atomic E-state index is 12.8. The zero-order valence-corrected chi connectivity index (χ0v) is 17.1. The van der Waals surface area contributed by atoms with Crippen molar-refractivity contribution in [2.45, 2.75) is 11.8 Å². The van der Waals surface area contributed by atoms with E-state index in [9.17, 15) is 13.2 Å². The molecule has 0 aliphatic carbocycles. The van der Waals surface area contributed by atoms with Crippen LogP contribution in [0.1, 0.15) is 12.5 Å². The highest BCUT2D eigenvalue weighted by atomic mass is 32.2. The Balaban J connectivity index is 1.77. The molecule has 2 aromatic carbocycles. The van der Waals surface area contributed by atoms with Crippen molar-refractivity contribution >= 4 is 50.3 Å². The minimum Gasteiger partial charge on any atom is -0.331 e. The van der Waals surface area contributed by atoms with Crippen LogP contribution in [0.5, 0.6) is 0 Å². The van der Waals surface area contributed by atoms with Crippen molar-refractivity contribution in [1.29, 1.82) is 0 Å². The number of benzene rings is 2. The van der Waals surface area contributed by atoms with E-state index in [0.29, 0.717) is 17.8 Å². The van der Waals surface area contributed by atoms with E-state index in [-0.39, 0.29) is 21.6 Å². The Bertz CT molecular complexity index is 1130. The Morgan fingerprint density at radius 2 is 2.00 bits per heavy atom. The molecule has 8 nitrogen and oxygen atoms in total. The topological polar surface area (TPSA) is 117 Å². The van der Waals surface area contributed by atoms with Crippen molar-refractivity contribution in [2.75, 3.05) is 16.8 Å². The summed E-state index contributed by atoms with van der Waals surface area (Å²) in [4.78, 5) is 14.4. The Hall–Kier alpha value is -3.08. The first-order chi connectivity index (χ1) is 13.8. The summed E-state index contributed by atoms with van der Waals surface area (Å²) in [5, 5.41) is 12.2. The average molecular weight is 430 g/mol. The third-order valence-corrected chi connectivity index (χ3v) is 5.22. The molecule has 2 aromatic rings. The summed E-state index contributed by atoms with van der Waals surface area (Å²) in [6.07, 6.45) is 3.76. The van der Waals surface area contributed by atoms with Gasteiger partial charge in [-0.1, -0.05) is 36.4 Å². The van der Waals surface area contributed by atoms with Gasteiger partial charge in [0, 0.05) is 17.8 Å². The van der Waals surface area contributed by atoms with Crippen LogP contribution in [-0.2, 0) is 14.8 Å². The lowest BCUT2D eigenvalue weighted by Gasteiger charge is -2.13. The second kappa shape index (κ2) is 8.52. The number of anilines is 2. The predicted molar refractivity (Wildman–Crippen MR) is 117 cm³/mol. The van der Waals surface area contributed by atoms with Gasteiger partial charge in [-0.05, 0) is 43.4 Å². The first-order valence-electron chi connectivity index (χ1n) is 8.61. The van der Waals surface area contributed by atoms with Crippen LogP contribution in [0.15, 0.2) is 70.7 Å². The smallest absolute Gasteiger partial charge is 0.279 e. The number of fused-ring (bicyclic) bond motifs is 1. The Kier molecular flexibility index (Phi) is 6.06. The quantitative estimate of drug-likeness (QED) is 0.380. The molecule has 0 radical (unpaired) electrons. The summed E-state index contributed by atoms with van der Waals surface area (Å²) in [5.41, 5.74) is 4.78. The number of nitrogens with one attached hydrogen (secondary N) is 2. The Labute approximate surface area is 174 Å². The van der Waals surface area contributed by atoms with E-state index in [0.717, 1.165) is 5.69 Å². The molecule has 1 heterocycles.